The van der Waals surface area contributed by atoms with Gasteiger partial charge in [-0.25, -0.2) is 0 Å². The summed E-state index contributed by atoms with van der Waals surface area (Å²) in [4.78, 5) is 0. The predicted molar refractivity (Wildman–Crippen MR) is 71.4 cm³/mol. The van der Waals surface area contributed by atoms with Crippen LogP contribution in [0.5, 0.6) is 0 Å². The highest BCUT2D eigenvalue weighted by Crippen LogP contribution is 2.26. The number of nitrogens with one attached hydrogen (secondary N) is 1. The molecule has 0 saturated heterocycles. The third-order valence-electron chi connectivity index (χ3n) is 3.25. The van der Waals surface area contributed by atoms with E-state index < -0.39 is 0 Å². The summed E-state index contributed by atoms with van der Waals surface area (Å²) in [6, 6.07) is 10.4. The number of ether oxygens (including phenoxy) is 1. The molecule has 0 spiro atoms. The van der Waals surface area contributed by atoms with E-state index in [4.69, 9.17) is 10.6 Å². The Balaban J connectivity index is 2.90. The number of hydrogen-bond donors (Lipinski definition) is 2. The lowest BCUT2D eigenvalue weighted by atomic mass is 9.91. The molecule has 3 unspecified atom stereocenters. The van der Waals surface area contributed by atoms with Crippen molar-refractivity contribution in [1.82, 2.24) is 5.43 Å². The van der Waals surface area contributed by atoms with Gasteiger partial charge < -0.3 is 4.74 Å². The van der Waals surface area contributed by atoms with Gasteiger partial charge in [-0.15, -0.1) is 0 Å². The first-order valence-corrected chi connectivity index (χ1v) is 6.37. The molecule has 0 heterocycles. The molecule has 17 heavy (non-hydrogen) atoms. The van der Waals surface area contributed by atoms with Crippen LogP contribution >= 0.6 is 0 Å². The molecule has 3 nitrogen and oxygen atoms in total. The van der Waals surface area contributed by atoms with Crippen LogP contribution in [-0.4, -0.2) is 12.6 Å². The molecule has 0 saturated carbocycles. The van der Waals surface area contributed by atoms with Gasteiger partial charge in [-0.3, -0.25) is 11.3 Å². The van der Waals surface area contributed by atoms with Gasteiger partial charge in [0, 0.05) is 6.61 Å². The Morgan fingerprint density at radius 2 is 1.88 bits per heavy atom. The molecule has 0 aliphatic heterocycles. The van der Waals surface area contributed by atoms with Crippen molar-refractivity contribution < 1.29 is 4.74 Å². The summed E-state index contributed by atoms with van der Waals surface area (Å²) in [5.74, 6) is 6.16. The molecule has 0 aliphatic rings. The highest BCUT2D eigenvalue weighted by atomic mass is 16.5. The molecule has 0 aliphatic carbocycles. The Labute approximate surface area is 104 Å². The molecule has 1 aromatic carbocycles. The molecular weight excluding hydrogens is 212 g/mol. The Morgan fingerprint density at radius 3 is 2.35 bits per heavy atom. The van der Waals surface area contributed by atoms with Crippen LogP contribution in [0, 0.1) is 5.92 Å². The fourth-order valence-corrected chi connectivity index (χ4v) is 2.03. The Kier molecular flexibility index (Phi) is 6.19. The van der Waals surface area contributed by atoms with Gasteiger partial charge in [0.2, 0.25) is 0 Å². The Morgan fingerprint density at radius 1 is 1.24 bits per heavy atom. The summed E-state index contributed by atoms with van der Waals surface area (Å²) in [7, 11) is 0. The standard InChI is InChI=1S/C14H24N2O/c1-4-11(3)13(16-15)14(17-5-2)12-9-7-6-8-10-12/h6-11,13-14,16H,4-5,15H2,1-3H3. The van der Waals surface area contributed by atoms with Crippen LogP contribution < -0.4 is 11.3 Å². The molecule has 0 amide bonds. The smallest absolute Gasteiger partial charge is 0.0993 e. The Hall–Kier alpha value is -0.900. The largest absolute Gasteiger partial charge is 0.372 e. The minimum atomic E-state index is 0.0150. The molecule has 1 aromatic rings. The van der Waals surface area contributed by atoms with Crippen molar-refractivity contribution in [3.05, 3.63) is 35.9 Å². The van der Waals surface area contributed by atoms with E-state index in [0.29, 0.717) is 12.5 Å². The molecule has 0 aromatic heterocycles. The van der Waals surface area contributed by atoms with Crippen molar-refractivity contribution in [1.29, 1.82) is 0 Å². The zero-order chi connectivity index (χ0) is 12.7. The fourth-order valence-electron chi connectivity index (χ4n) is 2.03. The molecule has 1 rings (SSSR count). The first-order chi connectivity index (χ1) is 8.24. The fraction of sp³-hybridized carbons (Fsp3) is 0.571. The van der Waals surface area contributed by atoms with Gasteiger partial charge in [0.05, 0.1) is 12.1 Å². The number of hydrazine groups is 1. The molecular formula is C14H24N2O. The molecule has 96 valence electrons. The number of benzene rings is 1. The van der Waals surface area contributed by atoms with Crippen molar-refractivity contribution in [2.24, 2.45) is 11.8 Å². The second-order valence-electron chi connectivity index (χ2n) is 4.36. The van der Waals surface area contributed by atoms with Gasteiger partial charge in [-0.1, -0.05) is 50.6 Å². The van der Waals surface area contributed by atoms with Crippen molar-refractivity contribution in [2.45, 2.75) is 39.3 Å². The zero-order valence-electron chi connectivity index (χ0n) is 11.0. The SMILES string of the molecule is CCOC(c1ccccc1)C(NN)C(C)CC. The average Bonchev–Trinajstić information content (AvgIpc) is 2.39. The first kappa shape index (κ1) is 14.2. The van der Waals surface area contributed by atoms with Crippen LogP contribution in [0.25, 0.3) is 0 Å². The van der Waals surface area contributed by atoms with E-state index in [-0.39, 0.29) is 12.1 Å². The second kappa shape index (κ2) is 7.43. The van der Waals surface area contributed by atoms with Gasteiger partial charge in [0.15, 0.2) is 0 Å². The molecule has 3 atom stereocenters. The van der Waals surface area contributed by atoms with E-state index in [1.807, 2.05) is 25.1 Å². The first-order valence-electron chi connectivity index (χ1n) is 6.37. The lowest BCUT2D eigenvalue weighted by Crippen LogP contribution is -2.45. The van der Waals surface area contributed by atoms with Crippen molar-refractivity contribution in [2.75, 3.05) is 6.61 Å². The topological polar surface area (TPSA) is 47.3 Å². The van der Waals surface area contributed by atoms with Crippen molar-refractivity contribution >= 4 is 0 Å². The van der Waals surface area contributed by atoms with Gasteiger partial charge in [-0.2, -0.15) is 0 Å². The summed E-state index contributed by atoms with van der Waals surface area (Å²) < 4.78 is 5.86. The summed E-state index contributed by atoms with van der Waals surface area (Å²) in [5, 5.41) is 0. The molecule has 3 heteroatoms. The van der Waals surface area contributed by atoms with E-state index in [0.717, 1.165) is 6.42 Å². The lowest BCUT2D eigenvalue weighted by Gasteiger charge is -2.31. The van der Waals surface area contributed by atoms with Gasteiger partial charge >= 0.3 is 0 Å². The van der Waals surface area contributed by atoms with E-state index in [9.17, 15) is 0 Å². The monoisotopic (exact) mass is 236 g/mol. The number of hydrogen-bond acceptors (Lipinski definition) is 3. The highest BCUT2D eigenvalue weighted by molar-refractivity contribution is 5.19. The quantitative estimate of drug-likeness (QED) is 0.565. The van der Waals surface area contributed by atoms with Gasteiger partial charge in [0.25, 0.3) is 0 Å². The summed E-state index contributed by atoms with van der Waals surface area (Å²) in [5.41, 5.74) is 4.09. The van der Waals surface area contributed by atoms with E-state index in [2.05, 4.69) is 31.4 Å². The Bertz CT molecular complexity index is 302. The van der Waals surface area contributed by atoms with Crippen LogP contribution in [0.3, 0.4) is 0 Å². The van der Waals surface area contributed by atoms with E-state index >= 15 is 0 Å². The third kappa shape index (κ3) is 3.80. The van der Waals surface area contributed by atoms with Crippen LogP contribution in [0.2, 0.25) is 0 Å². The zero-order valence-corrected chi connectivity index (χ0v) is 11.0. The molecule has 0 fully saturated rings. The van der Waals surface area contributed by atoms with Crippen molar-refractivity contribution in [3.63, 3.8) is 0 Å². The number of rotatable bonds is 7. The summed E-state index contributed by atoms with van der Waals surface area (Å²) in [6.45, 7) is 7.07. The lowest BCUT2D eigenvalue weighted by molar-refractivity contribution is 0.0175. The van der Waals surface area contributed by atoms with Crippen LogP contribution in [0.1, 0.15) is 38.9 Å². The maximum absolute atomic E-state index is 5.86. The van der Waals surface area contributed by atoms with Crippen LogP contribution in [-0.2, 0) is 4.74 Å². The number of nitrogens with two attached hydrogens (primary N) is 1. The second-order valence-corrected chi connectivity index (χ2v) is 4.36. The van der Waals surface area contributed by atoms with Crippen molar-refractivity contribution in [3.8, 4) is 0 Å². The van der Waals surface area contributed by atoms with Crippen LogP contribution in [0.15, 0.2) is 30.3 Å². The average molecular weight is 236 g/mol. The van der Waals surface area contributed by atoms with E-state index in [1.54, 1.807) is 0 Å². The normalized spacial score (nSPS) is 16.5. The van der Waals surface area contributed by atoms with Gasteiger partial charge in [-0.05, 0) is 18.4 Å². The van der Waals surface area contributed by atoms with Crippen LogP contribution in [0.4, 0.5) is 0 Å². The molecule has 0 radical (unpaired) electrons. The highest BCUT2D eigenvalue weighted by Gasteiger charge is 2.26. The third-order valence-corrected chi connectivity index (χ3v) is 3.25. The summed E-state index contributed by atoms with van der Waals surface area (Å²) in [6.07, 6.45) is 1.09. The van der Waals surface area contributed by atoms with Gasteiger partial charge in [0.1, 0.15) is 0 Å². The maximum atomic E-state index is 5.86. The maximum Gasteiger partial charge on any atom is 0.0993 e. The van der Waals surface area contributed by atoms with E-state index in [1.165, 1.54) is 5.56 Å². The molecule has 3 N–H and O–H groups in total. The minimum absolute atomic E-state index is 0.0150. The molecule has 0 bridgehead atoms. The predicted octanol–water partition coefficient (Wildman–Crippen LogP) is 2.64. The summed E-state index contributed by atoms with van der Waals surface area (Å²) >= 11 is 0. The minimum Gasteiger partial charge on any atom is -0.372 e.